The Balaban J connectivity index is 1.31. The number of ether oxygens (including phenoxy) is 1. The highest BCUT2D eigenvalue weighted by atomic mass is 16.5. The van der Waals surface area contributed by atoms with Gasteiger partial charge in [-0.2, -0.15) is 5.10 Å². The molecule has 168 valence electrons. The van der Waals surface area contributed by atoms with Gasteiger partial charge in [0.15, 0.2) is 11.3 Å². The number of amides is 2. The van der Waals surface area contributed by atoms with Crippen molar-refractivity contribution in [2.24, 2.45) is 5.92 Å². The number of carbonyl (C=O) groups is 2. The maximum absolute atomic E-state index is 13.0. The average Bonchev–Trinajstić information content (AvgIpc) is 3.31. The summed E-state index contributed by atoms with van der Waals surface area (Å²) in [6, 6.07) is 8.68. The SMILES string of the molecule is COCC1CCCN(C(=O)c2cnc3nc(NC(=O)c4ccc5ncnn5c4)ccc3c2)C1. The largest absolute Gasteiger partial charge is 0.384 e. The number of fused-ring (bicyclic) bond motifs is 2. The van der Waals surface area contributed by atoms with Crippen LogP contribution in [0.3, 0.4) is 0 Å². The lowest BCUT2D eigenvalue weighted by atomic mass is 9.98. The van der Waals surface area contributed by atoms with Gasteiger partial charge in [-0.25, -0.2) is 19.5 Å². The molecular weight excluding hydrogens is 422 g/mol. The molecule has 4 aromatic rings. The van der Waals surface area contributed by atoms with Gasteiger partial charge in [-0.3, -0.25) is 9.59 Å². The maximum atomic E-state index is 13.0. The van der Waals surface area contributed by atoms with Crippen molar-refractivity contribution in [3.8, 4) is 0 Å². The van der Waals surface area contributed by atoms with Crippen LogP contribution in [0.15, 0.2) is 49.1 Å². The Morgan fingerprint density at radius 3 is 2.97 bits per heavy atom. The van der Waals surface area contributed by atoms with E-state index in [1.165, 1.54) is 10.8 Å². The van der Waals surface area contributed by atoms with Gasteiger partial charge in [0, 0.05) is 38.0 Å². The Morgan fingerprint density at radius 1 is 1.18 bits per heavy atom. The predicted molar refractivity (Wildman–Crippen MR) is 121 cm³/mol. The summed E-state index contributed by atoms with van der Waals surface area (Å²) in [7, 11) is 1.69. The van der Waals surface area contributed by atoms with Gasteiger partial charge < -0.3 is 15.0 Å². The number of nitrogens with one attached hydrogen (secondary N) is 1. The summed E-state index contributed by atoms with van der Waals surface area (Å²) >= 11 is 0. The first kappa shape index (κ1) is 21.0. The second kappa shape index (κ2) is 8.91. The van der Waals surface area contributed by atoms with Crippen molar-refractivity contribution < 1.29 is 14.3 Å². The van der Waals surface area contributed by atoms with Crippen LogP contribution in [-0.2, 0) is 4.74 Å². The first-order valence-corrected chi connectivity index (χ1v) is 10.8. The molecule has 4 aromatic heterocycles. The molecular formula is C23H23N7O3. The third-order valence-electron chi connectivity index (χ3n) is 5.78. The number of hydrogen-bond donors (Lipinski definition) is 1. The fourth-order valence-electron chi connectivity index (χ4n) is 4.14. The summed E-state index contributed by atoms with van der Waals surface area (Å²) in [6.07, 6.45) is 6.61. The first-order chi connectivity index (χ1) is 16.1. The minimum absolute atomic E-state index is 0.0360. The average molecular weight is 445 g/mol. The zero-order chi connectivity index (χ0) is 22.8. The summed E-state index contributed by atoms with van der Waals surface area (Å²) in [4.78, 5) is 40.3. The van der Waals surface area contributed by atoms with Gasteiger partial charge >= 0.3 is 0 Å². The highest BCUT2D eigenvalue weighted by molar-refractivity contribution is 6.04. The molecule has 1 unspecified atom stereocenters. The third kappa shape index (κ3) is 4.37. The molecule has 1 atom stereocenters. The smallest absolute Gasteiger partial charge is 0.258 e. The van der Waals surface area contributed by atoms with Crippen molar-refractivity contribution in [1.29, 1.82) is 0 Å². The lowest BCUT2D eigenvalue weighted by molar-refractivity contribution is 0.0570. The lowest BCUT2D eigenvalue weighted by Crippen LogP contribution is -2.41. The van der Waals surface area contributed by atoms with Crippen LogP contribution in [0.4, 0.5) is 5.82 Å². The summed E-state index contributed by atoms with van der Waals surface area (Å²) < 4.78 is 6.79. The van der Waals surface area contributed by atoms with Crippen LogP contribution in [0, 0.1) is 5.92 Å². The third-order valence-corrected chi connectivity index (χ3v) is 5.78. The Morgan fingerprint density at radius 2 is 2.09 bits per heavy atom. The summed E-state index contributed by atoms with van der Waals surface area (Å²) in [6.45, 7) is 2.08. The van der Waals surface area contributed by atoms with Crippen molar-refractivity contribution in [2.75, 3.05) is 32.1 Å². The molecule has 2 amide bonds. The molecule has 1 aliphatic heterocycles. The van der Waals surface area contributed by atoms with Crippen molar-refractivity contribution in [3.05, 3.63) is 60.2 Å². The molecule has 0 bridgehead atoms. The van der Waals surface area contributed by atoms with Crippen LogP contribution in [0.5, 0.6) is 0 Å². The van der Waals surface area contributed by atoms with Gasteiger partial charge in [-0.1, -0.05) is 0 Å². The molecule has 1 aliphatic rings. The second-order valence-corrected chi connectivity index (χ2v) is 8.12. The van der Waals surface area contributed by atoms with E-state index >= 15 is 0 Å². The topological polar surface area (TPSA) is 115 Å². The number of carbonyl (C=O) groups excluding carboxylic acids is 2. The van der Waals surface area contributed by atoms with E-state index in [2.05, 4.69) is 25.4 Å². The predicted octanol–water partition coefficient (Wildman–Crippen LogP) is 2.42. The molecule has 0 aromatic carbocycles. The number of hydrogen-bond acceptors (Lipinski definition) is 7. The molecule has 1 N–H and O–H groups in total. The van der Waals surface area contributed by atoms with E-state index in [0.29, 0.717) is 47.3 Å². The zero-order valence-corrected chi connectivity index (χ0v) is 18.1. The second-order valence-electron chi connectivity index (χ2n) is 8.12. The molecule has 0 spiro atoms. The highest BCUT2D eigenvalue weighted by Gasteiger charge is 2.25. The molecule has 0 radical (unpaired) electrons. The molecule has 5 rings (SSSR count). The maximum Gasteiger partial charge on any atom is 0.258 e. The number of piperidine rings is 1. The number of pyridine rings is 3. The summed E-state index contributed by atoms with van der Waals surface area (Å²) in [5.41, 5.74) is 2.06. The number of rotatable bonds is 5. The number of anilines is 1. The van der Waals surface area contributed by atoms with Gasteiger partial charge in [0.05, 0.1) is 17.7 Å². The standard InChI is InChI=1S/C23H23N7O3/c1-33-13-15-3-2-8-29(11-15)23(32)18-9-16-4-6-19(27-21(16)24-10-18)28-22(31)17-5-7-20-25-14-26-30(20)12-17/h4-7,9-10,12,14-15H,2-3,8,11,13H2,1H3,(H,24,27,28,31). The fourth-order valence-corrected chi connectivity index (χ4v) is 4.14. The lowest BCUT2D eigenvalue weighted by Gasteiger charge is -2.32. The van der Waals surface area contributed by atoms with Crippen LogP contribution >= 0.6 is 0 Å². The van der Waals surface area contributed by atoms with E-state index < -0.39 is 0 Å². The van der Waals surface area contributed by atoms with E-state index in [-0.39, 0.29) is 11.8 Å². The van der Waals surface area contributed by atoms with Crippen molar-refractivity contribution in [3.63, 3.8) is 0 Å². The Hall–Kier alpha value is -3.92. The van der Waals surface area contributed by atoms with Crippen molar-refractivity contribution >= 4 is 34.3 Å². The Bertz CT molecular complexity index is 1330. The Labute approximate surface area is 189 Å². The molecule has 1 saturated heterocycles. The van der Waals surface area contributed by atoms with Crippen molar-refractivity contribution in [1.82, 2.24) is 29.5 Å². The molecule has 10 heteroatoms. The van der Waals surface area contributed by atoms with E-state index in [1.807, 2.05) is 4.90 Å². The van der Waals surface area contributed by atoms with E-state index in [1.54, 1.807) is 49.8 Å². The fraction of sp³-hybridized carbons (Fsp3) is 0.304. The summed E-state index contributed by atoms with van der Waals surface area (Å²) in [5, 5.41) is 7.55. The van der Waals surface area contributed by atoms with Gasteiger partial charge in [-0.05, 0) is 49.1 Å². The van der Waals surface area contributed by atoms with Crippen LogP contribution in [0.25, 0.3) is 16.7 Å². The molecule has 10 nitrogen and oxygen atoms in total. The number of nitrogens with zero attached hydrogens (tertiary/aromatic N) is 6. The number of aromatic nitrogens is 5. The van der Waals surface area contributed by atoms with Crippen LogP contribution < -0.4 is 5.32 Å². The highest BCUT2D eigenvalue weighted by Crippen LogP contribution is 2.21. The number of methoxy groups -OCH3 is 1. The van der Waals surface area contributed by atoms with Gasteiger partial charge in [0.2, 0.25) is 0 Å². The Kier molecular flexibility index (Phi) is 5.66. The minimum Gasteiger partial charge on any atom is -0.384 e. The molecule has 5 heterocycles. The normalized spacial score (nSPS) is 16.3. The quantitative estimate of drug-likeness (QED) is 0.502. The minimum atomic E-state index is -0.318. The van der Waals surface area contributed by atoms with Gasteiger partial charge in [0.1, 0.15) is 12.1 Å². The van der Waals surface area contributed by atoms with Crippen LogP contribution in [-0.4, -0.2) is 68.1 Å². The molecule has 33 heavy (non-hydrogen) atoms. The first-order valence-electron chi connectivity index (χ1n) is 10.8. The van der Waals surface area contributed by atoms with E-state index in [9.17, 15) is 9.59 Å². The van der Waals surface area contributed by atoms with E-state index in [4.69, 9.17) is 4.74 Å². The van der Waals surface area contributed by atoms with Crippen LogP contribution in [0.2, 0.25) is 0 Å². The van der Waals surface area contributed by atoms with Gasteiger partial charge in [0.25, 0.3) is 11.8 Å². The molecule has 0 aliphatic carbocycles. The van der Waals surface area contributed by atoms with Gasteiger partial charge in [-0.15, -0.1) is 0 Å². The van der Waals surface area contributed by atoms with Crippen molar-refractivity contribution in [2.45, 2.75) is 12.8 Å². The van der Waals surface area contributed by atoms with E-state index in [0.717, 1.165) is 24.8 Å². The zero-order valence-electron chi connectivity index (χ0n) is 18.1. The molecule has 0 saturated carbocycles. The monoisotopic (exact) mass is 445 g/mol. The summed E-state index contributed by atoms with van der Waals surface area (Å²) in [5.74, 6) is 0.378. The molecule has 1 fully saturated rings. The van der Waals surface area contributed by atoms with Crippen LogP contribution in [0.1, 0.15) is 33.6 Å². The number of likely N-dealkylation sites (tertiary alicyclic amines) is 1.